The van der Waals surface area contributed by atoms with Crippen LogP contribution in [0.15, 0.2) is 84.9 Å². The fourth-order valence-electron chi connectivity index (χ4n) is 12.4. The highest BCUT2D eigenvalue weighted by atomic mass is 15.0. The topological polar surface area (TPSA) is 62.5 Å². The van der Waals surface area contributed by atoms with E-state index in [1.165, 1.54) is 81.8 Å². The quantitative estimate of drug-likeness (QED) is 0.177. The molecular formula is C49H54N4. The molecule has 4 bridgehead atoms. The number of hydrogen-bond donors (Lipinski definition) is 0. The lowest BCUT2D eigenvalue weighted by atomic mass is 9.54. The van der Waals surface area contributed by atoms with Gasteiger partial charge in [0.15, 0.2) is 17.5 Å². The van der Waals surface area contributed by atoms with Gasteiger partial charge in [-0.05, 0) is 145 Å². The summed E-state index contributed by atoms with van der Waals surface area (Å²) in [6, 6.07) is 33.0. The van der Waals surface area contributed by atoms with E-state index < -0.39 is 0 Å². The fourth-order valence-corrected chi connectivity index (χ4v) is 12.4. The summed E-state index contributed by atoms with van der Waals surface area (Å²) < 4.78 is 0. The summed E-state index contributed by atoms with van der Waals surface area (Å²) in [6.45, 7) is 9.78. The van der Waals surface area contributed by atoms with Crippen LogP contribution in [0.5, 0.6) is 0 Å². The van der Waals surface area contributed by atoms with E-state index in [4.69, 9.17) is 15.0 Å². The zero-order valence-electron chi connectivity index (χ0n) is 32.1. The molecule has 4 aromatic carbocycles. The minimum atomic E-state index is 0.286. The van der Waals surface area contributed by atoms with Crippen molar-refractivity contribution in [2.45, 2.75) is 109 Å². The van der Waals surface area contributed by atoms with Crippen molar-refractivity contribution in [3.05, 3.63) is 102 Å². The van der Waals surface area contributed by atoms with Gasteiger partial charge in [0, 0.05) is 16.7 Å². The Morgan fingerprint density at radius 1 is 0.585 bits per heavy atom. The average molecular weight is 699 g/mol. The Morgan fingerprint density at radius 2 is 1.08 bits per heavy atom. The van der Waals surface area contributed by atoms with Crippen molar-refractivity contribution in [2.24, 2.45) is 35.5 Å². The Balaban J connectivity index is 1.11. The van der Waals surface area contributed by atoms with E-state index >= 15 is 0 Å². The molecule has 0 N–H and O–H groups in total. The normalized spacial score (nSPS) is 30.8. The maximum Gasteiger partial charge on any atom is 0.164 e. The lowest BCUT2D eigenvalue weighted by molar-refractivity contribution is 0.0702. The van der Waals surface area contributed by atoms with Gasteiger partial charge >= 0.3 is 0 Å². The first-order valence-corrected chi connectivity index (χ1v) is 20.6. The predicted octanol–water partition coefficient (Wildman–Crippen LogP) is 12.5. The molecule has 1 heterocycles. The van der Waals surface area contributed by atoms with Gasteiger partial charge in [-0.15, -0.1) is 0 Å². The van der Waals surface area contributed by atoms with Crippen molar-refractivity contribution in [1.29, 1.82) is 5.26 Å². The molecule has 3 unspecified atom stereocenters. The SMILES string of the molecule is CC[C@@H]1C[C@@H]2C[C@H](C)CC(c3ccc(-c4nc(-c5ccc(C67CC(C[C@@H](C)C6)C[C@H](C)C7)cc5)nc(-c5ccc6c(C#N)cccc6c5)n4)cc3)(C1)C2. The second-order valence-electron chi connectivity index (χ2n) is 18.4. The van der Waals surface area contributed by atoms with E-state index in [-0.39, 0.29) is 10.8 Å². The largest absolute Gasteiger partial charge is 0.208 e. The molecule has 4 heteroatoms. The Morgan fingerprint density at radius 3 is 1.60 bits per heavy atom. The van der Waals surface area contributed by atoms with E-state index in [0.29, 0.717) is 23.0 Å². The summed E-state index contributed by atoms with van der Waals surface area (Å²) in [7, 11) is 0. The highest BCUT2D eigenvalue weighted by Crippen LogP contribution is 2.56. The number of rotatable bonds is 6. The molecule has 1 aromatic heterocycles. The third-order valence-corrected chi connectivity index (χ3v) is 14.1. The van der Waals surface area contributed by atoms with Crippen molar-refractivity contribution >= 4 is 10.8 Å². The Labute approximate surface area is 316 Å². The summed E-state index contributed by atoms with van der Waals surface area (Å²) in [4.78, 5) is 15.5. The lowest BCUT2D eigenvalue weighted by Gasteiger charge is -2.51. The van der Waals surface area contributed by atoms with E-state index in [9.17, 15) is 5.26 Å². The van der Waals surface area contributed by atoms with Gasteiger partial charge in [-0.1, -0.05) is 107 Å². The molecule has 9 rings (SSSR count). The summed E-state index contributed by atoms with van der Waals surface area (Å²) in [5.41, 5.74) is 7.22. The molecule has 0 saturated heterocycles. The predicted molar refractivity (Wildman–Crippen MR) is 216 cm³/mol. The Hall–Kier alpha value is -4.36. The molecule has 0 radical (unpaired) electrons. The summed E-state index contributed by atoms with van der Waals surface area (Å²) in [6.07, 6.45) is 14.7. The van der Waals surface area contributed by atoms with Crippen LogP contribution >= 0.6 is 0 Å². The second kappa shape index (κ2) is 13.5. The summed E-state index contributed by atoms with van der Waals surface area (Å²) in [5.74, 6) is 6.94. The van der Waals surface area contributed by atoms with Gasteiger partial charge in [-0.2, -0.15) is 5.26 Å². The number of fused-ring (bicyclic) bond motifs is 5. The van der Waals surface area contributed by atoms with E-state index in [1.54, 1.807) is 0 Å². The van der Waals surface area contributed by atoms with Crippen LogP contribution in [0.4, 0.5) is 0 Å². The molecule has 0 spiro atoms. The van der Waals surface area contributed by atoms with Crippen LogP contribution in [-0.2, 0) is 10.8 Å². The van der Waals surface area contributed by atoms with E-state index in [2.05, 4.69) is 100 Å². The Bertz CT molecular complexity index is 2150. The smallest absolute Gasteiger partial charge is 0.164 e. The molecule has 8 atom stereocenters. The van der Waals surface area contributed by atoms with Gasteiger partial charge in [-0.25, -0.2) is 15.0 Å². The van der Waals surface area contributed by atoms with Crippen LogP contribution in [0.1, 0.15) is 115 Å². The van der Waals surface area contributed by atoms with Crippen LogP contribution < -0.4 is 0 Å². The first-order chi connectivity index (χ1) is 25.7. The maximum atomic E-state index is 9.73. The zero-order chi connectivity index (χ0) is 36.3. The van der Waals surface area contributed by atoms with Crippen LogP contribution in [0.25, 0.3) is 44.9 Å². The molecule has 0 amide bonds. The van der Waals surface area contributed by atoms with E-state index in [0.717, 1.165) is 63.0 Å². The maximum absolute atomic E-state index is 9.73. The van der Waals surface area contributed by atoms with Crippen LogP contribution in [-0.4, -0.2) is 15.0 Å². The standard InChI is InChI=1S/C49H54N4/c1-5-34-22-36-21-33(4)26-49(27-34,29-36)43-16-11-38(12-17-43)46-51-45(52-47(53-46)40-13-18-44-39(23-40)7-6-8-41(44)30-50)37-9-14-42(15-10-37)48-24-31(2)19-35(28-48)20-32(3)25-48/h6-18,23,31-36H,5,19-22,24-29H2,1-4H3/t31-,32+,33-,34+,35?,36-,48?,49?/m0/s1. The monoisotopic (exact) mass is 698 g/mol. The van der Waals surface area contributed by atoms with Crippen molar-refractivity contribution in [2.75, 3.05) is 0 Å². The van der Waals surface area contributed by atoms with Crippen molar-refractivity contribution in [3.63, 3.8) is 0 Å². The third kappa shape index (κ3) is 6.39. The van der Waals surface area contributed by atoms with E-state index in [1.807, 2.05) is 18.2 Å². The highest BCUT2D eigenvalue weighted by molar-refractivity contribution is 5.91. The van der Waals surface area contributed by atoms with Crippen molar-refractivity contribution in [1.82, 2.24) is 15.0 Å². The van der Waals surface area contributed by atoms with Gasteiger partial charge < -0.3 is 0 Å². The molecule has 4 nitrogen and oxygen atoms in total. The molecule has 5 aromatic rings. The molecule has 4 saturated carbocycles. The minimum Gasteiger partial charge on any atom is -0.208 e. The van der Waals surface area contributed by atoms with Crippen LogP contribution in [0, 0.1) is 46.8 Å². The number of hydrogen-bond acceptors (Lipinski definition) is 4. The van der Waals surface area contributed by atoms with Gasteiger partial charge in [0.25, 0.3) is 0 Å². The first-order valence-electron chi connectivity index (χ1n) is 20.6. The van der Waals surface area contributed by atoms with Crippen LogP contribution in [0.2, 0.25) is 0 Å². The summed E-state index contributed by atoms with van der Waals surface area (Å²) in [5, 5.41) is 11.7. The van der Waals surface area contributed by atoms with Gasteiger partial charge in [0.1, 0.15) is 0 Å². The number of nitriles is 1. The van der Waals surface area contributed by atoms with Gasteiger partial charge in [-0.3, -0.25) is 0 Å². The lowest BCUT2D eigenvalue weighted by Crippen LogP contribution is -2.42. The number of benzene rings is 4. The fraction of sp³-hybridized carbons (Fsp3) is 0.469. The molecule has 4 aliphatic rings. The molecule has 270 valence electrons. The Kier molecular flexibility index (Phi) is 8.76. The van der Waals surface area contributed by atoms with Crippen molar-refractivity contribution in [3.8, 4) is 40.2 Å². The average Bonchev–Trinajstić information content (AvgIpc) is 3.16. The first kappa shape index (κ1) is 34.4. The molecule has 53 heavy (non-hydrogen) atoms. The van der Waals surface area contributed by atoms with Crippen LogP contribution in [0.3, 0.4) is 0 Å². The third-order valence-electron chi connectivity index (χ3n) is 14.1. The number of nitrogens with zero attached hydrogens (tertiary/aromatic N) is 4. The molecule has 4 fully saturated rings. The summed E-state index contributed by atoms with van der Waals surface area (Å²) >= 11 is 0. The van der Waals surface area contributed by atoms with Gasteiger partial charge in [0.05, 0.1) is 11.6 Å². The molecule has 0 aliphatic heterocycles. The van der Waals surface area contributed by atoms with Gasteiger partial charge in [0.2, 0.25) is 0 Å². The zero-order valence-corrected chi connectivity index (χ0v) is 32.1. The van der Waals surface area contributed by atoms with Crippen molar-refractivity contribution < 1.29 is 0 Å². The highest BCUT2D eigenvalue weighted by Gasteiger charge is 2.46. The number of aromatic nitrogens is 3. The second-order valence-corrected chi connectivity index (χ2v) is 18.4. The minimum absolute atomic E-state index is 0.286. The molecular weight excluding hydrogens is 645 g/mol. The molecule has 4 aliphatic carbocycles.